The van der Waals surface area contributed by atoms with Crippen molar-refractivity contribution < 1.29 is 9.90 Å². The van der Waals surface area contributed by atoms with Gasteiger partial charge in [0.25, 0.3) is 0 Å². The second-order valence-electron chi connectivity index (χ2n) is 6.98. The lowest BCUT2D eigenvalue weighted by Gasteiger charge is -2.27. The van der Waals surface area contributed by atoms with Gasteiger partial charge in [0.1, 0.15) is 0 Å². The molecular formula is C19H30N2O2. The molecule has 0 heterocycles. The molecule has 2 rings (SSSR count). The van der Waals surface area contributed by atoms with Crippen LogP contribution in [0.5, 0.6) is 0 Å². The van der Waals surface area contributed by atoms with Crippen LogP contribution in [-0.4, -0.2) is 30.2 Å². The molecule has 1 aliphatic carbocycles. The predicted molar refractivity (Wildman–Crippen MR) is 94.7 cm³/mol. The van der Waals surface area contributed by atoms with Crippen LogP contribution in [0, 0.1) is 12.8 Å². The number of anilines is 1. The largest absolute Gasteiger partial charge is 0.393 e. The monoisotopic (exact) mass is 318 g/mol. The summed E-state index contributed by atoms with van der Waals surface area (Å²) in [6.07, 6.45) is 4.01. The summed E-state index contributed by atoms with van der Waals surface area (Å²) in [4.78, 5) is 12.2. The van der Waals surface area contributed by atoms with Crippen LogP contribution in [0.1, 0.15) is 56.6 Å². The number of carbonyl (C=O) groups excluding carboxylic acids is 1. The Balaban J connectivity index is 1.85. The third-order valence-electron chi connectivity index (χ3n) is 4.75. The zero-order valence-electron chi connectivity index (χ0n) is 14.6. The minimum absolute atomic E-state index is 0.0218. The minimum Gasteiger partial charge on any atom is -0.393 e. The van der Waals surface area contributed by atoms with Gasteiger partial charge in [-0.25, -0.2) is 0 Å². The summed E-state index contributed by atoms with van der Waals surface area (Å²) in [7, 11) is 0. The average molecular weight is 318 g/mol. The topological polar surface area (TPSA) is 61.4 Å². The Bertz CT molecular complexity index is 528. The molecule has 23 heavy (non-hydrogen) atoms. The number of nitrogens with one attached hydrogen (secondary N) is 2. The molecule has 0 spiro atoms. The lowest BCUT2D eigenvalue weighted by Crippen LogP contribution is -2.37. The van der Waals surface area contributed by atoms with E-state index in [4.69, 9.17) is 0 Å². The molecule has 4 nitrogen and oxygen atoms in total. The zero-order chi connectivity index (χ0) is 16.8. The molecule has 0 aromatic heterocycles. The summed E-state index contributed by atoms with van der Waals surface area (Å²) in [6.45, 7) is 7.28. The maximum Gasteiger partial charge on any atom is 0.238 e. The van der Waals surface area contributed by atoms with Crippen LogP contribution < -0.4 is 10.6 Å². The van der Waals surface area contributed by atoms with Crippen LogP contribution in [0.2, 0.25) is 0 Å². The Morgan fingerprint density at radius 2 is 2.04 bits per heavy atom. The normalized spacial score (nSPS) is 21.4. The van der Waals surface area contributed by atoms with Gasteiger partial charge in [0, 0.05) is 12.2 Å². The van der Waals surface area contributed by atoms with Gasteiger partial charge in [-0.2, -0.15) is 0 Å². The fourth-order valence-electron chi connectivity index (χ4n) is 3.32. The number of aliphatic hydroxyl groups is 1. The van der Waals surface area contributed by atoms with E-state index < -0.39 is 0 Å². The fraction of sp³-hybridized carbons (Fsp3) is 0.632. The number of amides is 1. The second kappa shape index (κ2) is 8.46. The highest BCUT2D eigenvalue weighted by molar-refractivity contribution is 5.93. The molecule has 1 saturated carbocycles. The first-order chi connectivity index (χ1) is 11.0. The van der Waals surface area contributed by atoms with Crippen LogP contribution in [0.25, 0.3) is 0 Å². The Labute approximate surface area is 139 Å². The van der Waals surface area contributed by atoms with Crippen molar-refractivity contribution in [2.45, 2.75) is 58.5 Å². The van der Waals surface area contributed by atoms with Crippen molar-refractivity contribution >= 4 is 11.6 Å². The molecule has 3 N–H and O–H groups in total. The quantitative estimate of drug-likeness (QED) is 0.755. The van der Waals surface area contributed by atoms with E-state index in [1.165, 1.54) is 12.0 Å². The molecule has 1 fully saturated rings. The minimum atomic E-state index is -0.219. The first-order valence-electron chi connectivity index (χ1n) is 8.77. The van der Waals surface area contributed by atoms with Crippen molar-refractivity contribution in [3.8, 4) is 0 Å². The molecule has 1 amide bonds. The van der Waals surface area contributed by atoms with Crippen LogP contribution in [0.3, 0.4) is 0 Å². The predicted octanol–water partition coefficient (Wildman–Crippen LogP) is 3.20. The highest BCUT2D eigenvalue weighted by atomic mass is 16.3. The third-order valence-corrected chi connectivity index (χ3v) is 4.75. The Morgan fingerprint density at radius 1 is 1.30 bits per heavy atom. The maximum absolute atomic E-state index is 12.2. The number of rotatable bonds is 6. The van der Waals surface area contributed by atoms with Gasteiger partial charge in [0.2, 0.25) is 5.91 Å². The standard InChI is InChI=1S/C19H30N2O2/c1-13(2)16-9-6-7-14(3)19(16)21-18(23)12-20-11-15-8-4-5-10-17(15)22/h6-7,9,13,15,17,20,22H,4-5,8,10-12H2,1-3H3,(H,21,23)/t15-,17-/m1/s1. The van der Waals surface area contributed by atoms with Crippen molar-refractivity contribution in [2.75, 3.05) is 18.4 Å². The lowest BCUT2D eigenvalue weighted by atomic mass is 9.86. The second-order valence-corrected chi connectivity index (χ2v) is 6.98. The van der Waals surface area contributed by atoms with E-state index in [1.54, 1.807) is 0 Å². The van der Waals surface area contributed by atoms with Crippen molar-refractivity contribution in [2.24, 2.45) is 5.92 Å². The fourth-order valence-corrected chi connectivity index (χ4v) is 3.32. The van der Waals surface area contributed by atoms with Crippen molar-refractivity contribution in [3.05, 3.63) is 29.3 Å². The molecule has 128 valence electrons. The third kappa shape index (κ3) is 5.05. The summed E-state index contributed by atoms with van der Waals surface area (Å²) >= 11 is 0. The maximum atomic E-state index is 12.2. The first kappa shape index (κ1) is 18.0. The zero-order valence-corrected chi connectivity index (χ0v) is 14.6. The van der Waals surface area contributed by atoms with E-state index in [2.05, 4.69) is 30.5 Å². The van der Waals surface area contributed by atoms with Crippen LogP contribution in [0.4, 0.5) is 5.69 Å². The van der Waals surface area contributed by atoms with E-state index >= 15 is 0 Å². The van der Waals surface area contributed by atoms with E-state index in [1.807, 2.05) is 19.1 Å². The Morgan fingerprint density at radius 3 is 2.74 bits per heavy atom. The summed E-state index contributed by atoms with van der Waals surface area (Å²) < 4.78 is 0. The molecule has 4 heteroatoms. The van der Waals surface area contributed by atoms with Gasteiger partial charge in [-0.3, -0.25) is 4.79 Å². The number of benzene rings is 1. The van der Waals surface area contributed by atoms with Crippen molar-refractivity contribution in [3.63, 3.8) is 0 Å². The summed E-state index contributed by atoms with van der Waals surface area (Å²) in [5.41, 5.74) is 3.19. The van der Waals surface area contributed by atoms with Crippen molar-refractivity contribution in [1.29, 1.82) is 0 Å². The molecule has 1 aromatic carbocycles. The van der Waals surface area contributed by atoms with Gasteiger partial charge in [0.15, 0.2) is 0 Å². The number of para-hydroxylation sites is 1. The average Bonchev–Trinajstić information content (AvgIpc) is 2.51. The highest BCUT2D eigenvalue weighted by Gasteiger charge is 2.22. The number of aliphatic hydroxyl groups excluding tert-OH is 1. The molecule has 0 unspecified atom stereocenters. The molecule has 2 atom stereocenters. The lowest BCUT2D eigenvalue weighted by molar-refractivity contribution is -0.115. The summed E-state index contributed by atoms with van der Waals surface area (Å²) in [6, 6.07) is 6.12. The van der Waals surface area contributed by atoms with Gasteiger partial charge >= 0.3 is 0 Å². The van der Waals surface area contributed by atoms with E-state index in [9.17, 15) is 9.90 Å². The molecule has 0 radical (unpaired) electrons. The van der Waals surface area contributed by atoms with Gasteiger partial charge in [-0.05, 0) is 42.7 Å². The van der Waals surface area contributed by atoms with Crippen LogP contribution in [-0.2, 0) is 4.79 Å². The SMILES string of the molecule is Cc1cccc(C(C)C)c1NC(=O)CNC[C@H]1CCCC[C@H]1O. The van der Waals surface area contributed by atoms with E-state index in [-0.39, 0.29) is 24.5 Å². The molecular weight excluding hydrogens is 288 g/mol. The Kier molecular flexibility index (Phi) is 6.60. The smallest absolute Gasteiger partial charge is 0.238 e. The van der Waals surface area contributed by atoms with Gasteiger partial charge in [-0.15, -0.1) is 0 Å². The van der Waals surface area contributed by atoms with E-state index in [0.717, 1.165) is 30.5 Å². The van der Waals surface area contributed by atoms with E-state index in [0.29, 0.717) is 12.5 Å². The summed E-state index contributed by atoms with van der Waals surface area (Å²) in [5.74, 6) is 0.628. The molecule has 1 aliphatic rings. The highest BCUT2D eigenvalue weighted by Crippen LogP contribution is 2.27. The first-order valence-corrected chi connectivity index (χ1v) is 8.77. The van der Waals surface area contributed by atoms with Crippen LogP contribution in [0.15, 0.2) is 18.2 Å². The molecule has 1 aromatic rings. The summed E-state index contributed by atoms with van der Waals surface area (Å²) in [5, 5.41) is 16.2. The number of hydrogen-bond donors (Lipinski definition) is 3. The van der Waals surface area contributed by atoms with Crippen LogP contribution >= 0.6 is 0 Å². The molecule has 0 aliphatic heterocycles. The Hall–Kier alpha value is -1.39. The van der Waals surface area contributed by atoms with Gasteiger partial charge < -0.3 is 15.7 Å². The number of carbonyl (C=O) groups is 1. The molecule has 0 saturated heterocycles. The van der Waals surface area contributed by atoms with Gasteiger partial charge in [-0.1, -0.05) is 44.9 Å². The number of hydrogen-bond acceptors (Lipinski definition) is 3. The molecule has 0 bridgehead atoms. The van der Waals surface area contributed by atoms with Crippen molar-refractivity contribution in [1.82, 2.24) is 5.32 Å². The van der Waals surface area contributed by atoms with Gasteiger partial charge in [0.05, 0.1) is 12.6 Å². The number of aryl methyl sites for hydroxylation is 1.